The minimum atomic E-state index is -0.420. The molecular weight excluding hydrogens is 260 g/mol. The van der Waals surface area contributed by atoms with Crippen LogP contribution in [0.4, 0.5) is 5.69 Å². The van der Waals surface area contributed by atoms with Crippen molar-refractivity contribution in [3.63, 3.8) is 0 Å². The summed E-state index contributed by atoms with van der Waals surface area (Å²) in [5.41, 5.74) is 2.91. The molecule has 1 saturated heterocycles. The number of nitrogens with one attached hydrogen (secondary N) is 2. The Bertz CT molecular complexity index is 453. The minimum Gasteiger partial charge on any atom is -0.324 e. The van der Waals surface area contributed by atoms with Crippen molar-refractivity contribution in [1.82, 2.24) is 5.32 Å². The Labute approximate surface area is 121 Å². The van der Waals surface area contributed by atoms with Gasteiger partial charge in [-0.3, -0.25) is 4.79 Å². The Kier molecular flexibility index (Phi) is 5.39. The lowest BCUT2D eigenvalue weighted by Crippen LogP contribution is -2.54. The van der Waals surface area contributed by atoms with E-state index < -0.39 is 5.54 Å². The van der Waals surface area contributed by atoms with Crippen LogP contribution in [0.25, 0.3) is 0 Å². The molecule has 1 aliphatic heterocycles. The van der Waals surface area contributed by atoms with Crippen molar-refractivity contribution in [2.45, 2.75) is 45.6 Å². The summed E-state index contributed by atoms with van der Waals surface area (Å²) in [6, 6.07) is 6.04. The number of aryl methyl sites for hydroxylation is 2. The Morgan fingerprint density at radius 3 is 2.58 bits per heavy atom. The summed E-state index contributed by atoms with van der Waals surface area (Å²) in [7, 11) is 0. The van der Waals surface area contributed by atoms with E-state index in [2.05, 4.69) is 24.5 Å². The highest BCUT2D eigenvalue weighted by Gasteiger charge is 2.34. The Morgan fingerprint density at radius 1 is 1.26 bits per heavy atom. The monoisotopic (exact) mass is 282 g/mol. The van der Waals surface area contributed by atoms with Gasteiger partial charge in [-0.25, -0.2) is 0 Å². The third-order valence-electron chi connectivity index (χ3n) is 3.88. The first-order valence-corrected chi connectivity index (χ1v) is 6.65. The number of anilines is 1. The third kappa shape index (κ3) is 3.71. The van der Waals surface area contributed by atoms with E-state index in [4.69, 9.17) is 0 Å². The smallest absolute Gasteiger partial charge is 0.244 e. The molecular formula is C15H23ClN2O. The van der Waals surface area contributed by atoms with Crippen LogP contribution >= 0.6 is 12.4 Å². The summed E-state index contributed by atoms with van der Waals surface area (Å²) in [4.78, 5) is 12.3. The summed E-state index contributed by atoms with van der Waals surface area (Å²) in [5, 5.41) is 6.35. The molecule has 2 rings (SSSR count). The predicted molar refractivity (Wildman–Crippen MR) is 82.1 cm³/mol. The van der Waals surface area contributed by atoms with Crippen molar-refractivity contribution in [3.8, 4) is 0 Å². The third-order valence-corrected chi connectivity index (χ3v) is 3.88. The van der Waals surface area contributed by atoms with E-state index in [9.17, 15) is 4.79 Å². The summed E-state index contributed by atoms with van der Waals surface area (Å²) < 4.78 is 0. The van der Waals surface area contributed by atoms with E-state index in [0.717, 1.165) is 31.5 Å². The second kappa shape index (κ2) is 6.40. The summed E-state index contributed by atoms with van der Waals surface area (Å²) in [6.45, 7) is 7.05. The number of rotatable bonds is 2. The van der Waals surface area contributed by atoms with Gasteiger partial charge in [0.2, 0.25) is 5.91 Å². The molecule has 0 radical (unpaired) electrons. The van der Waals surface area contributed by atoms with Gasteiger partial charge in [0.05, 0.1) is 5.54 Å². The predicted octanol–water partition coefficient (Wildman–Crippen LogP) is 3.20. The van der Waals surface area contributed by atoms with Gasteiger partial charge < -0.3 is 10.6 Å². The number of carbonyl (C=O) groups is 1. The highest BCUT2D eigenvalue weighted by atomic mass is 35.5. The minimum absolute atomic E-state index is 0. The van der Waals surface area contributed by atoms with E-state index >= 15 is 0 Å². The van der Waals surface area contributed by atoms with Gasteiger partial charge in [0.1, 0.15) is 0 Å². The van der Waals surface area contributed by atoms with Crippen LogP contribution < -0.4 is 10.6 Å². The molecule has 0 aliphatic carbocycles. The Hall–Kier alpha value is -1.06. The molecule has 0 spiro atoms. The molecule has 1 heterocycles. The van der Waals surface area contributed by atoms with Crippen molar-refractivity contribution in [2.75, 3.05) is 11.9 Å². The van der Waals surface area contributed by atoms with Gasteiger partial charge in [-0.05, 0) is 69.8 Å². The molecule has 0 aromatic heterocycles. The first kappa shape index (κ1) is 16.0. The standard InChI is InChI=1S/C15H22N2O.ClH/c1-11-6-7-13(10-12(11)2)17-14(18)15(3)8-4-5-9-16-15;/h6-7,10,16H,4-5,8-9H2,1-3H3,(H,17,18);1H. The molecule has 1 atom stereocenters. The molecule has 1 aromatic rings. The van der Waals surface area contributed by atoms with Gasteiger partial charge >= 0.3 is 0 Å². The molecule has 1 unspecified atom stereocenters. The van der Waals surface area contributed by atoms with Gasteiger partial charge in [0.15, 0.2) is 0 Å². The highest BCUT2D eigenvalue weighted by molar-refractivity contribution is 5.98. The lowest BCUT2D eigenvalue weighted by atomic mass is 9.90. The van der Waals surface area contributed by atoms with Crippen LogP contribution in [0, 0.1) is 13.8 Å². The average molecular weight is 283 g/mol. The fraction of sp³-hybridized carbons (Fsp3) is 0.533. The summed E-state index contributed by atoms with van der Waals surface area (Å²) >= 11 is 0. The maximum absolute atomic E-state index is 12.3. The van der Waals surface area contributed by atoms with E-state index in [-0.39, 0.29) is 18.3 Å². The maximum Gasteiger partial charge on any atom is 0.244 e. The van der Waals surface area contributed by atoms with Gasteiger partial charge in [-0.2, -0.15) is 0 Å². The summed E-state index contributed by atoms with van der Waals surface area (Å²) in [6.07, 6.45) is 3.18. The second-order valence-corrected chi connectivity index (χ2v) is 5.47. The number of halogens is 1. The molecule has 1 aromatic carbocycles. The highest BCUT2D eigenvalue weighted by Crippen LogP contribution is 2.21. The molecule has 2 N–H and O–H groups in total. The number of piperidine rings is 1. The zero-order valence-electron chi connectivity index (χ0n) is 11.9. The number of amides is 1. The number of carbonyl (C=O) groups excluding carboxylic acids is 1. The molecule has 19 heavy (non-hydrogen) atoms. The Morgan fingerprint density at radius 2 is 2.00 bits per heavy atom. The van der Waals surface area contributed by atoms with Crippen LogP contribution in [-0.4, -0.2) is 18.0 Å². The fourth-order valence-electron chi connectivity index (χ4n) is 2.34. The van der Waals surface area contributed by atoms with Crippen LogP contribution in [-0.2, 0) is 4.79 Å². The average Bonchev–Trinajstić information content (AvgIpc) is 2.35. The van der Waals surface area contributed by atoms with E-state index in [1.54, 1.807) is 0 Å². The normalized spacial score (nSPS) is 22.5. The lowest BCUT2D eigenvalue weighted by Gasteiger charge is -2.33. The maximum atomic E-state index is 12.3. The molecule has 3 nitrogen and oxygen atoms in total. The molecule has 106 valence electrons. The van der Waals surface area contributed by atoms with Crippen molar-refractivity contribution < 1.29 is 4.79 Å². The van der Waals surface area contributed by atoms with Crippen LogP contribution in [0.2, 0.25) is 0 Å². The van der Waals surface area contributed by atoms with Gasteiger partial charge in [-0.15, -0.1) is 12.4 Å². The van der Waals surface area contributed by atoms with Gasteiger partial charge in [0, 0.05) is 5.69 Å². The molecule has 1 aliphatic rings. The van der Waals surface area contributed by atoms with Crippen LogP contribution in [0.5, 0.6) is 0 Å². The summed E-state index contributed by atoms with van der Waals surface area (Å²) in [5.74, 6) is 0.0745. The molecule has 0 saturated carbocycles. The van der Waals surface area contributed by atoms with E-state index in [0.29, 0.717) is 0 Å². The number of benzene rings is 1. The first-order chi connectivity index (χ1) is 8.51. The largest absolute Gasteiger partial charge is 0.324 e. The van der Waals surface area contributed by atoms with Crippen LogP contribution in [0.3, 0.4) is 0 Å². The Balaban J connectivity index is 0.00000180. The van der Waals surface area contributed by atoms with E-state index in [1.807, 2.05) is 25.1 Å². The fourth-order valence-corrected chi connectivity index (χ4v) is 2.34. The zero-order chi connectivity index (χ0) is 13.2. The lowest BCUT2D eigenvalue weighted by molar-refractivity contribution is -0.122. The van der Waals surface area contributed by atoms with Crippen molar-refractivity contribution >= 4 is 24.0 Å². The first-order valence-electron chi connectivity index (χ1n) is 6.65. The van der Waals surface area contributed by atoms with Gasteiger partial charge in [0.25, 0.3) is 0 Å². The molecule has 1 fully saturated rings. The zero-order valence-corrected chi connectivity index (χ0v) is 12.7. The van der Waals surface area contributed by atoms with Gasteiger partial charge in [-0.1, -0.05) is 6.07 Å². The number of hydrogen-bond donors (Lipinski definition) is 2. The number of hydrogen-bond acceptors (Lipinski definition) is 2. The molecule has 4 heteroatoms. The molecule has 1 amide bonds. The van der Waals surface area contributed by atoms with E-state index in [1.165, 1.54) is 11.1 Å². The van der Waals surface area contributed by atoms with Crippen molar-refractivity contribution in [3.05, 3.63) is 29.3 Å². The molecule has 0 bridgehead atoms. The second-order valence-electron chi connectivity index (χ2n) is 5.47. The van der Waals surface area contributed by atoms with Crippen molar-refractivity contribution in [2.24, 2.45) is 0 Å². The SMILES string of the molecule is Cc1ccc(NC(=O)C2(C)CCCCN2)cc1C.Cl. The quantitative estimate of drug-likeness (QED) is 0.875. The topological polar surface area (TPSA) is 41.1 Å². The van der Waals surface area contributed by atoms with Crippen LogP contribution in [0.15, 0.2) is 18.2 Å². The van der Waals surface area contributed by atoms with Crippen LogP contribution in [0.1, 0.15) is 37.3 Å². The van der Waals surface area contributed by atoms with Crippen molar-refractivity contribution in [1.29, 1.82) is 0 Å².